The number of nitrogens with zero attached hydrogens (tertiary/aromatic N) is 3. The smallest absolute Gasteiger partial charge is 0.315 e. The van der Waals surface area contributed by atoms with E-state index in [4.69, 9.17) is 16.0 Å². The zero-order valence-electron chi connectivity index (χ0n) is 8.03. The molecule has 80 valence electrons. The summed E-state index contributed by atoms with van der Waals surface area (Å²) in [5.74, 6) is 0.637. The summed E-state index contributed by atoms with van der Waals surface area (Å²) in [6.45, 7) is 2.54. The molecule has 2 aromatic heterocycles. The lowest BCUT2D eigenvalue weighted by molar-refractivity contribution is 0.525. The van der Waals surface area contributed by atoms with Gasteiger partial charge in [-0.15, -0.1) is 28.0 Å². The molecule has 2 heterocycles. The van der Waals surface area contributed by atoms with Crippen molar-refractivity contribution in [1.29, 1.82) is 0 Å². The second kappa shape index (κ2) is 4.59. The van der Waals surface area contributed by atoms with Gasteiger partial charge in [-0.3, -0.25) is 0 Å². The van der Waals surface area contributed by atoms with Gasteiger partial charge < -0.3 is 9.73 Å². The van der Waals surface area contributed by atoms with Crippen molar-refractivity contribution >= 4 is 29.0 Å². The van der Waals surface area contributed by atoms with Gasteiger partial charge in [-0.2, -0.15) is 0 Å². The minimum Gasteiger partial charge on any atom is -0.407 e. The summed E-state index contributed by atoms with van der Waals surface area (Å²) in [7, 11) is 0. The maximum atomic E-state index is 5.53. The zero-order valence-corrected chi connectivity index (χ0v) is 9.60. The van der Waals surface area contributed by atoms with Gasteiger partial charge in [0.1, 0.15) is 5.88 Å². The van der Waals surface area contributed by atoms with E-state index in [0.29, 0.717) is 18.5 Å². The summed E-state index contributed by atoms with van der Waals surface area (Å²) in [6, 6.07) is 0.372. The Morgan fingerprint density at radius 1 is 1.53 bits per heavy atom. The van der Waals surface area contributed by atoms with E-state index in [-0.39, 0.29) is 5.88 Å². The van der Waals surface area contributed by atoms with Crippen LogP contribution in [-0.4, -0.2) is 15.2 Å². The number of halogens is 1. The van der Waals surface area contributed by atoms with Crippen molar-refractivity contribution in [3.63, 3.8) is 0 Å². The van der Waals surface area contributed by atoms with Crippen LogP contribution in [0.15, 0.2) is 9.80 Å². The first-order valence-corrected chi connectivity index (χ1v) is 5.72. The molecule has 0 atom stereocenters. The molecule has 2 aromatic rings. The molecule has 7 heteroatoms. The zero-order chi connectivity index (χ0) is 10.7. The van der Waals surface area contributed by atoms with Crippen LogP contribution in [0, 0.1) is 6.92 Å². The van der Waals surface area contributed by atoms with Crippen molar-refractivity contribution in [1.82, 2.24) is 15.2 Å². The number of nitrogens with one attached hydrogen (secondary N) is 1. The second-order valence-corrected chi connectivity index (χ2v) is 4.18. The van der Waals surface area contributed by atoms with Gasteiger partial charge in [0.05, 0.1) is 17.2 Å². The van der Waals surface area contributed by atoms with Crippen molar-refractivity contribution in [2.24, 2.45) is 0 Å². The lowest BCUT2D eigenvalue weighted by atomic mass is 10.5. The second-order valence-electron chi connectivity index (χ2n) is 2.85. The Morgan fingerprint density at radius 2 is 2.40 bits per heavy atom. The van der Waals surface area contributed by atoms with Crippen molar-refractivity contribution in [2.45, 2.75) is 19.3 Å². The quantitative estimate of drug-likeness (QED) is 0.836. The molecular weight excluding hydrogens is 236 g/mol. The highest BCUT2D eigenvalue weighted by molar-refractivity contribution is 7.09. The summed E-state index contributed by atoms with van der Waals surface area (Å²) in [4.78, 5) is 4.29. The van der Waals surface area contributed by atoms with E-state index in [0.717, 1.165) is 10.7 Å². The van der Waals surface area contributed by atoms with Crippen molar-refractivity contribution in [2.75, 3.05) is 5.32 Å². The summed E-state index contributed by atoms with van der Waals surface area (Å²) >= 11 is 7.14. The van der Waals surface area contributed by atoms with E-state index in [1.54, 1.807) is 11.3 Å². The van der Waals surface area contributed by atoms with Gasteiger partial charge in [-0.25, -0.2) is 4.98 Å². The molecule has 2 rings (SSSR count). The van der Waals surface area contributed by atoms with E-state index < -0.39 is 0 Å². The molecule has 0 aromatic carbocycles. The highest BCUT2D eigenvalue weighted by atomic mass is 35.5. The number of alkyl halides is 1. The van der Waals surface area contributed by atoms with E-state index >= 15 is 0 Å². The van der Waals surface area contributed by atoms with Crippen LogP contribution in [-0.2, 0) is 12.4 Å². The number of thiazole rings is 1. The van der Waals surface area contributed by atoms with E-state index in [1.807, 2.05) is 12.3 Å². The molecule has 0 radical (unpaired) electrons. The van der Waals surface area contributed by atoms with Gasteiger partial charge in [0.15, 0.2) is 0 Å². The lowest BCUT2D eigenvalue weighted by Gasteiger charge is -1.96. The third-order valence-electron chi connectivity index (χ3n) is 1.67. The molecule has 0 aliphatic carbocycles. The number of aryl methyl sites for hydroxylation is 1. The Kier molecular flexibility index (Phi) is 3.17. The van der Waals surface area contributed by atoms with Crippen LogP contribution < -0.4 is 5.32 Å². The molecule has 0 unspecified atom stereocenters. The third-order valence-corrected chi connectivity index (χ3v) is 2.72. The van der Waals surface area contributed by atoms with Gasteiger partial charge in [0, 0.05) is 5.38 Å². The van der Waals surface area contributed by atoms with Gasteiger partial charge in [0.2, 0.25) is 5.89 Å². The van der Waals surface area contributed by atoms with Crippen LogP contribution in [0.5, 0.6) is 0 Å². The largest absolute Gasteiger partial charge is 0.407 e. The molecule has 0 aliphatic heterocycles. The molecule has 0 saturated heterocycles. The monoisotopic (exact) mass is 244 g/mol. The number of anilines is 1. The highest BCUT2D eigenvalue weighted by Crippen LogP contribution is 2.11. The molecule has 0 saturated carbocycles. The number of rotatable bonds is 4. The summed E-state index contributed by atoms with van der Waals surface area (Å²) < 4.78 is 5.17. The first-order chi connectivity index (χ1) is 7.28. The van der Waals surface area contributed by atoms with E-state index in [1.165, 1.54) is 0 Å². The van der Waals surface area contributed by atoms with Crippen molar-refractivity contribution in [3.8, 4) is 0 Å². The Balaban J connectivity index is 1.93. The molecular formula is C8H9ClN4OS. The Labute approximate surface area is 95.5 Å². The summed E-state index contributed by atoms with van der Waals surface area (Å²) in [5, 5.41) is 13.5. The lowest BCUT2D eigenvalue weighted by Crippen LogP contribution is -1.99. The Hall–Kier alpha value is -1.14. The minimum atomic E-state index is 0.227. The average Bonchev–Trinajstić information content (AvgIpc) is 2.83. The van der Waals surface area contributed by atoms with Gasteiger partial charge in [-0.05, 0) is 6.92 Å². The van der Waals surface area contributed by atoms with Crippen molar-refractivity contribution < 1.29 is 4.42 Å². The molecule has 0 aliphatic rings. The average molecular weight is 245 g/mol. The molecule has 0 amide bonds. The van der Waals surface area contributed by atoms with Crippen LogP contribution in [0.4, 0.5) is 6.01 Å². The van der Waals surface area contributed by atoms with Gasteiger partial charge >= 0.3 is 6.01 Å². The fourth-order valence-corrected chi connectivity index (χ4v) is 1.76. The molecule has 15 heavy (non-hydrogen) atoms. The molecule has 0 spiro atoms. The van der Waals surface area contributed by atoms with Gasteiger partial charge in [-0.1, -0.05) is 5.10 Å². The first kappa shape index (κ1) is 10.4. The normalized spacial score (nSPS) is 10.5. The van der Waals surface area contributed by atoms with Crippen LogP contribution in [0.25, 0.3) is 0 Å². The maximum absolute atomic E-state index is 5.53. The van der Waals surface area contributed by atoms with Crippen LogP contribution in [0.1, 0.15) is 16.6 Å². The third kappa shape index (κ3) is 2.66. The Morgan fingerprint density at radius 3 is 3.00 bits per heavy atom. The van der Waals surface area contributed by atoms with Crippen LogP contribution in [0.3, 0.4) is 0 Å². The predicted octanol–water partition coefficient (Wildman–Crippen LogP) is 2.19. The fraction of sp³-hybridized carbons (Fsp3) is 0.375. The SMILES string of the molecule is Cc1nc(CNc2nnc(CCl)o2)cs1. The molecule has 0 fully saturated rings. The fourth-order valence-electron chi connectivity index (χ4n) is 1.03. The van der Waals surface area contributed by atoms with E-state index in [2.05, 4.69) is 20.5 Å². The predicted molar refractivity (Wildman–Crippen MR) is 58.0 cm³/mol. The summed E-state index contributed by atoms with van der Waals surface area (Å²) in [5.41, 5.74) is 0.961. The Bertz CT molecular complexity index is 441. The standard InChI is InChI=1S/C8H9ClN4OS/c1-5-11-6(4-15-5)3-10-8-13-12-7(2-9)14-8/h4H,2-3H2,1H3,(H,10,13). The van der Waals surface area contributed by atoms with Crippen molar-refractivity contribution in [3.05, 3.63) is 22.0 Å². The van der Waals surface area contributed by atoms with Gasteiger partial charge in [0.25, 0.3) is 0 Å². The topological polar surface area (TPSA) is 63.8 Å². The van der Waals surface area contributed by atoms with Crippen LogP contribution >= 0.6 is 22.9 Å². The van der Waals surface area contributed by atoms with E-state index in [9.17, 15) is 0 Å². The number of hydrogen-bond acceptors (Lipinski definition) is 6. The molecule has 1 N–H and O–H groups in total. The summed E-state index contributed by atoms with van der Waals surface area (Å²) in [6.07, 6.45) is 0. The highest BCUT2D eigenvalue weighted by Gasteiger charge is 2.04. The minimum absolute atomic E-state index is 0.227. The molecule has 5 nitrogen and oxygen atoms in total. The number of aromatic nitrogens is 3. The molecule has 0 bridgehead atoms. The van der Waals surface area contributed by atoms with Crippen LogP contribution in [0.2, 0.25) is 0 Å². The number of hydrogen-bond donors (Lipinski definition) is 1. The maximum Gasteiger partial charge on any atom is 0.315 e. The first-order valence-electron chi connectivity index (χ1n) is 4.31.